The van der Waals surface area contributed by atoms with Crippen LogP contribution in [-0.4, -0.2) is 34.8 Å². The minimum atomic E-state index is -0.317. The Morgan fingerprint density at radius 1 is 1.38 bits per heavy atom. The van der Waals surface area contributed by atoms with Gasteiger partial charge in [-0.05, 0) is 38.2 Å². The zero-order valence-corrected chi connectivity index (χ0v) is 15.5. The first-order valence-electron chi connectivity index (χ1n) is 7.46. The van der Waals surface area contributed by atoms with Crippen molar-refractivity contribution < 1.29 is 9.53 Å². The summed E-state index contributed by atoms with van der Waals surface area (Å²) >= 11 is 2.64. The number of rotatable bonds is 8. The molecule has 24 heavy (non-hydrogen) atoms. The average Bonchev–Trinajstić information content (AvgIpc) is 3.02. The summed E-state index contributed by atoms with van der Waals surface area (Å²) in [5.41, 5.74) is 7.57. The lowest BCUT2D eigenvalue weighted by molar-refractivity contribution is 0.241. The molecule has 1 heterocycles. The molecule has 1 aromatic carbocycles. The first kappa shape index (κ1) is 18.3. The second kappa shape index (κ2) is 9.33. The summed E-state index contributed by atoms with van der Waals surface area (Å²) in [5.74, 6) is 0.882. The van der Waals surface area contributed by atoms with Crippen molar-refractivity contribution in [2.45, 2.75) is 25.4 Å². The van der Waals surface area contributed by atoms with Crippen LogP contribution in [0.1, 0.15) is 17.5 Å². The van der Waals surface area contributed by atoms with E-state index in [0.29, 0.717) is 23.4 Å². The molecule has 0 saturated heterocycles. The molecule has 0 unspecified atom stereocenters. The van der Waals surface area contributed by atoms with Gasteiger partial charge < -0.3 is 10.1 Å². The lowest BCUT2D eigenvalue weighted by atomic mass is 10.1. The van der Waals surface area contributed by atoms with Crippen molar-refractivity contribution >= 4 is 34.5 Å². The van der Waals surface area contributed by atoms with Gasteiger partial charge in [0.05, 0.1) is 6.61 Å². The van der Waals surface area contributed by atoms with E-state index in [0.717, 1.165) is 17.7 Å². The normalized spacial score (nSPS) is 10.3. The van der Waals surface area contributed by atoms with Crippen LogP contribution in [0.25, 0.3) is 0 Å². The maximum atomic E-state index is 11.6. The zero-order chi connectivity index (χ0) is 17.4. The Labute approximate surface area is 149 Å². The Bertz CT molecular complexity index is 678. The van der Waals surface area contributed by atoms with E-state index in [1.165, 1.54) is 28.9 Å². The Morgan fingerprint density at radius 3 is 2.92 bits per heavy atom. The van der Waals surface area contributed by atoms with Gasteiger partial charge in [0, 0.05) is 18.1 Å². The van der Waals surface area contributed by atoms with Gasteiger partial charge in [-0.2, -0.15) is 9.36 Å². The summed E-state index contributed by atoms with van der Waals surface area (Å²) in [6, 6.07) is 5.76. The van der Waals surface area contributed by atoms with E-state index in [1.807, 2.05) is 25.3 Å². The van der Waals surface area contributed by atoms with E-state index in [9.17, 15) is 4.79 Å². The average molecular weight is 368 g/mol. The molecule has 2 aromatic rings. The summed E-state index contributed by atoms with van der Waals surface area (Å²) in [5, 5.41) is 3.97. The molecular formula is C15H21N5O2S2. The number of amides is 2. The molecule has 0 saturated carbocycles. The molecule has 0 aliphatic heterocycles. The van der Waals surface area contributed by atoms with E-state index in [-0.39, 0.29) is 6.03 Å². The number of anilines is 1. The number of ether oxygens (including phenoxy) is 1. The molecule has 2 amide bonds. The third kappa shape index (κ3) is 5.89. The highest BCUT2D eigenvalue weighted by atomic mass is 32.2. The highest BCUT2D eigenvalue weighted by molar-refractivity contribution is 7.98. The minimum Gasteiger partial charge on any atom is -0.493 e. The standard InChI is InChI=1S/C15H21N5O2S2/c1-10-5-6-12(11(2)9-10)22-8-4-7-16-13(21)18-19-14-17-15(23-3)20-24-14/h5-6,9H,4,7-8H2,1-3H3,(H2,16,18,21)(H,17,19,20). The number of carbonyl (C=O) groups is 1. The summed E-state index contributed by atoms with van der Waals surface area (Å²) in [6.07, 6.45) is 2.61. The SMILES string of the molecule is CSc1nsc(NNC(=O)NCCCOc2ccc(C)cc2C)n1. The molecular weight excluding hydrogens is 346 g/mol. The van der Waals surface area contributed by atoms with Gasteiger partial charge in [-0.15, -0.1) is 0 Å². The maximum absolute atomic E-state index is 11.6. The second-order valence-electron chi connectivity index (χ2n) is 5.06. The number of hydrogen-bond donors (Lipinski definition) is 3. The van der Waals surface area contributed by atoms with Gasteiger partial charge in [-0.25, -0.2) is 10.2 Å². The van der Waals surface area contributed by atoms with Crippen molar-refractivity contribution in [1.82, 2.24) is 20.1 Å². The maximum Gasteiger partial charge on any atom is 0.333 e. The summed E-state index contributed by atoms with van der Waals surface area (Å²) < 4.78 is 9.79. The molecule has 0 spiro atoms. The molecule has 0 fully saturated rings. The highest BCUT2D eigenvalue weighted by Gasteiger charge is 2.04. The van der Waals surface area contributed by atoms with Crippen LogP contribution < -0.4 is 20.9 Å². The van der Waals surface area contributed by atoms with Gasteiger partial charge in [0.2, 0.25) is 10.3 Å². The number of aromatic nitrogens is 2. The lowest BCUT2D eigenvalue weighted by Crippen LogP contribution is -2.39. The summed E-state index contributed by atoms with van der Waals surface area (Å²) in [6.45, 7) is 5.14. The third-order valence-electron chi connectivity index (χ3n) is 3.07. The predicted octanol–water partition coefficient (Wildman–Crippen LogP) is 2.97. The first-order valence-corrected chi connectivity index (χ1v) is 9.46. The third-order valence-corrected chi connectivity index (χ3v) is 4.36. The molecule has 0 aliphatic carbocycles. The van der Waals surface area contributed by atoms with Gasteiger partial charge in [0.25, 0.3) is 0 Å². The molecule has 2 rings (SSSR count). The number of aryl methyl sites for hydroxylation is 2. The summed E-state index contributed by atoms with van der Waals surface area (Å²) in [4.78, 5) is 15.8. The topological polar surface area (TPSA) is 88.2 Å². The number of thioether (sulfide) groups is 1. The largest absolute Gasteiger partial charge is 0.493 e. The Morgan fingerprint density at radius 2 is 2.21 bits per heavy atom. The van der Waals surface area contributed by atoms with Crippen molar-refractivity contribution in [3.63, 3.8) is 0 Å². The van der Waals surface area contributed by atoms with Crippen molar-refractivity contribution in [1.29, 1.82) is 0 Å². The first-order chi connectivity index (χ1) is 11.6. The molecule has 0 radical (unpaired) electrons. The number of hydrogen-bond acceptors (Lipinski definition) is 7. The van der Waals surface area contributed by atoms with Crippen LogP contribution in [0.5, 0.6) is 5.75 Å². The number of nitrogens with one attached hydrogen (secondary N) is 3. The number of urea groups is 1. The quantitative estimate of drug-likeness (QED) is 0.378. The van der Waals surface area contributed by atoms with Crippen LogP contribution in [0, 0.1) is 13.8 Å². The van der Waals surface area contributed by atoms with E-state index in [1.54, 1.807) is 0 Å². The Hall–Kier alpha value is -2.00. The predicted molar refractivity (Wildman–Crippen MR) is 97.9 cm³/mol. The molecule has 0 bridgehead atoms. The number of benzene rings is 1. The van der Waals surface area contributed by atoms with E-state index >= 15 is 0 Å². The molecule has 3 N–H and O–H groups in total. The van der Waals surface area contributed by atoms with Gasteiger partial charge in [0.1, 0.15) is 5.75 Å². The lowest BCUT2D eigenvalue weighted by Gasteiger charge is -2.10. The monoisotopic (exact) mass is 367 g/mol. The van der Waals surface area contributed by atoms with Crippen LogP contribution in [0.2, 0.25) is 0 Å². The van der Waals surface area contributed by atoms with Crippen LogP contribution in [0.4, 0.5) is 9.93 Å². The van der Waals surface area contributed by atoms with Crippen molar-refractivity contribution in [3.05, 3.63) is 29.3 Å². The van der Waals surface area contributed by atoms with Crippen LogP contribution in [0.15, 0.2) is 23.4 Å². The van der Waals surface area contributed by atoms with E-state index in [4.69, 9.17) is 4.74 Å². The fraction of sp³-hybridized carbons (Fsp3) is 0.400. The molecule has 0 atom stereocenters. The molecule has 0 aliphatic rings. The zero-order valence-electron chi connectivity index (χ0n) is 13.9. The van der Waals surface area contributed by atoms with Crippen molar-refractivity contribution in [2.75, 3.05) is 24.8 Å². The minimum absolute atomic E-state index is 0.317. The van der Waals surface area contributed by atoms with Crippen molar-refractivity contribution in [3.8, 4) is 5.75 Å². The fourth-order valence-corrected chi connectivity index (χ4v) is 3.00. The van der Waals surface area contributed by atoms with Gasteiger partial charge in [0.15, 0.2) is 0 Å². The van der Waals surface area contributed by atoms with Gasteiger partial charge in [-0.1, -0.05) is 29.5 Å². The highest BCUT2D eigenvalue weighted by Crippen LogP contribution is 2.18. The Kier molecular flexibility index (Phi) is 7.13. The number of nitrogens with zero attached hydrogens (tertiary/aromatic N) is 2. The van der Waals surface area contributed by atoms with Crippen molar-refractivity contribution in [2.24, 2.45) is 0 Å². The molecule has 1 aromatic heterocycles. The van der Waals surface area contributed by atoms with Gasteiger partial charge >= 0.3 is 6.03 Å². The van der Waals surface area contributed by atoms with Crippen LogP contribution in [0.3, 0.4) is 0 Å². The molecule has 7 nitrogen and oxygen atoms in total. The van der Waals surface area contributed by atoms with Crippen LogP contribution >= 0.6 is 23.3 Å². The smallest absolute Gasteiger partial charge is 0.333 e. The molecule has 130 valence electrons. The summed E-state index contributed by atoms with van der Waals surface area (Å²) in [7, 11) is 0. The Balaban J connectivity index is 1.59. The van der Waals surface area contributed by atoms with Crippen LogP contribution in [-0.2, 0) is 0 Å². The second-order valence-corrected chi connectivity index (χ2v) is 6.59. The van der Waals surface area contributed by atoms with E-state index < -0.39 is 0 Å². The number of hydrazine groups is 1. The fourth-order valence-electron chi connectivity index (χ4n) is 1.92. The van der Waals surface area contributed by atoms with Gasteiger partial charge in [-0.3, -0.25) is 5.43 Å². The van der Waals surface area contributed by atoms with E-state index in [2.05, 4.69) is 38.5 Å². The number of carbonyl (C=O) groups excluding carboxylic acids is 1. The molecule has 9 heteroatoms.